The molecule has 2 heteroatoms. The summed E-state index contributed by atoms with van der Waals surface area (Å²) in [5, 5.41) is 12.2. The van der Waals surface area contributed by atoms with Crippen molar-refractivity contribution in [2.45, 2.75) is 37.6 Å². The number of nitrogens with one attached hydrogen (secondary N) is 1. The molecule has 0 atom stereocenters. The molecule has 0 aromatic rings. The minimum Gasteiger partial charge on any atom is -0.385 e. The fourth-order valence-electron chi connectivity index (χ4n) is 2.23. The van der Waals surface area contributed by atoms with E-state index < -0.39 is 0 Å². The minimum absolute atomic E-state index is 0.318. The van der Waals surface area contributed by atoms with Crippen LogP contribution in [0, 0.1) is 17.2 Å². The zero-order valence-corrected chi connectivity index (χ0v) is 7.21. The van der Waals surface area contributed by atoms with E-state index in [1.54, 1.807) is 0 Å². The Morgan fingerprint density at radius 2 is 2.17 bits per heavy atom. The van der Waals surface area contributed by atoms with Crippen LogP contribution in [0.1, 0.15) is 32.1 Å². The summed E-state index contributed by atoms with van der Waals surface area (Å²) in [5.41, 5.74) is 0.341. The topological polar surface area (TPSA) is 35.8 Å². The number of rotatable bonds is 0. The Morgan fingerprint density at radius 1 is 1.42 bits per heavy atom. The Hall–Kier alpha value is -0.970. The number of hydrogen-bond acceptors (Lipinski definition) is 2. The van der Waals surface area contributed by atoms with Gasteiger partial charge in [0.05, 0.1) is 6.07 Å². The lowest BCUT2D eigenvalue weighted by molar-refractivity contribution is 0.243. The van der Waals surface area contributed by atoms with Crippen molar-refractivity contribution in [3.05, 3.63) is 12.3 Å². The van der Waals surface area contributed by atoms with Crippen LogP contribution < -0.4 is 5.32 Å². The molecule has 2 rings (SSSR count). The molecule has 12 heavy (non-hydrogen) atoms. The largest absolute Gasteiger partial charge is 0.385 e. The Labute approximate surface area is 73.3 Å². The third-order valence-electron chi connectivity index (χ3n) is 3.14. The molecule has 0 saturated heterocycles. The van der Waals surface area contributed by atoms with Gasteiger partial charge in [0.25, 0.3) is 0 Å². The van der Waals surface area contributed by atoms with E-state index in [1.807, 2.05) is 0 Å². The first-order chi connectivity index (χ1) is 5.85. The molecule has 0 aromatic carbocycles. The van der Waals surface area contributed by atoms with Crippen LogP contribution in [0.4, 0.5) is 0 Å². The van der Waals surface area contributed by atoms with Crippen molar-refractivity contribution in [3.63, 3.8) is 0 Å². The van der Waals surface area contributed by atoms with Crippen LogP contribution in [0.3, 0.4) is 0 Å². The van der Waals surface area contributed by atoms with Crippen molar-refractivity contribution >= 4 is 0 Å². The first-order valence-electron chi connectivity index (χ1n) is 4.67. The molecule has 0 bridgehead atoms. The summed E-state index contributed by atoms with van der Waals surface area (Å²) in [6.45, 7) is 0. The van der Waals surface area contributed by atoms with Gasteiger partial charge in [-0.05, 0) is 38.3 Å². The molecule has 64 valence electrons. The van der Waals surface area contributed by atoms with Crippen molar-refractivity contribution in [1.82, 2.24) is 5.32 Å². The van der Waals surface area contributed by atoms with Gasteiger partial charge >= 0.3 is 0 Å². The third-order valence-corrected chi connectivity index (χ3v) is 3.14. The lowest BCUT2D eigenvalue weighted by Gasteiger charge is -2.35. The van der Waals surface area contributed by atoms with E-state index in [4.69, 9.17) is 5.26 Å². The third kappa shape index (κ3) is 1.20. The molecule has 0 amide bonds. The second-order valence-electron chi connectivity index (χ2n) is 3.93. The van der Waals surface area contributed by atoms with Crippen LogP contribution in [-0.4, -0.2) is 5.54 Å². The predicted octanol–water partition coefficient (Wildman–Crippen LogP) is 1.95. The second kappa shape index (κ2) is 2.82. The zero-order chi connectivity index (χ0) is 8.44. The Balaban J connectivity index is 1.95. The monoisotopic (exact) mass is 162 g/mol. The van der Waals surface area contributed by atoms with Gasteiger partial charge in [0.1, 0.15) is 0 Å². The smallest absolute Gasteiger partial charge is 0.0655 e. The van der Waals surface area contributed by atoms with Gasteiger partial charge in [0, 0.05) is 11.5 Å². The van der Waals surface area contributed by atoms with Crippen LogP contribution in [0.5, 0.6) is 0 Å². The van der Waals surface area contributed by atoms with E-state index in [0.29, 0.717) is 11.5 Å². The summed E-state index contributed by atoms with van der Waals surface area (Å²) in [7, 11) is 0. The lowest BCUT2D eigenvalue weighted by atomic mass is 9.76. The molecule has 2 aliphatic rings. The minimum atomic E-state index is 0.318. The average Bonchev–Trinajstić information content (AvgIpc) is 2.55. The highest BCUT2D eigenvalue weighted by molar-refractivity contribution is 5.09. The number of nitrogens with zero attached hydrogens (tertiary/aromatic N) is 1. The van der Waals surface area contributed by atoms with E-state index in [-0.39, 0.29) is 0 Å². The highest BCUT2D eigenvalue weighted by Crippen LogP contribution is 2.36. The van der Waals surface area contributed by atoms with Crippen molar-refractivity contribution in [1.29, 1.82) is 5.26 Å². The molecule has 0 aromatic heterocycles. The second-order valence-corrected chi connectivity index (χ2v) is 3.93. The molecule has 2 nitrogen and oxygen atoms in total. The van der Waals surface area contributed by atoms with Gasteiger partial charge in [-0.2, -0.15) is 5.26 Å². The summed E-state index contributed by atoms with van der Waals surface area (Å²) in [6.07, 6.45) is 9.90. The van der Waals surface area contributed by atoms with E-state index in [1.165, 1.54) is 0 Å². The Kier molecular flexibility index (Phi) is 1.80. The highest BCUT2D eigenvalue weighted by Gasteiger charge is 2.35. The molecular weight excluding hydrogens is 148 g/mol. The Morgan fingerprint density at radius 3 is 2.67 bits per heavy atom. The van der Waals surface area contributed by atoms with Crippen LogP contribution in [0.2, 0.25) is 0 Å². The predicted molar refractivity (Wildman–Crippen MR) is 47.2 cm³/mol. The number of hydrogen-bond donors (Lipinski definition) is 1. The van der Waals surface area contributed by atoms with E-state index in [2.05, 4.69) is 23.7 Å². The molecule has 0 unspecified atom stereocenters. The molecule has 0 radical (unpaired) electrons. The van der Waals surface area contributed by atoms with Crippen LogP contribution >= 0.6 is 0 Å². The Bertz CT molecular complexity index is 219. The van der Waals surface area contributed by atoms with E-state index in [0.717, 1.165) is 32.1 Å². The normalized spacial score (nSPS) is 39.4. The van der Waals surface area contributed by atoms with Gasteiger partial charge in [-0.15, -0.1) is 0 Å². The summed E-state index contributed by atoms with van der Waals surface area (Å²) in [5.74, 6) is 0.318. The molecule has 1 N–H and O–H groups in total. The highest BCUT2D eigenvalue weighted by atomic mass is 15.0. The number of nitriles is 1. The van der Waals surface area contributed by atoms with Crippen LogP contribution in [-0.2, 0) is 0 Å². The van der Waals surface area contributed by atoms with Gasteiger partial charge in [0.2, 0.25) is 0 Å². The average molecular weight is 162 g/mol. The first kappa shape index (κ1) is 7.67. The van der Waals surface area contributed by atoms with Crippen LogP contribution in [0.25, 0.3) is 0 Å². The van der Waals surface area contributed by atoms with Gasteiger partial charge < -0.3 is 5.32 Å². The molecular formula is C10H14N2. The van der Waals surface area contributed by atoms with Gasteiger partial charge in [0.15, 0.2) is 0 Å². The molecule has 1 fully saturated rings. The van der Waals surface area contributed by atoms with Gasteiger partial charge in [-0.25, -0.2) is 0 Å². The van der Waals surface area contributed by atoms with Crippen molar-refractivity contribution < 1.29 is 0 Å². The van der Waals surface area contributed by atoms with Crippen molar-refractivity contribution in [2.75, 3.05) is 0 Å². The summed E-state index contributed by atoms with van der Waals surface area (Å²) in [6, 6.07) is 2.36. The fourth-order valence-corrected chi connectivity index (χ4v) is 2.23. The molecule has 1 spiro atoms. The van der Waals surface area contributed by atoms with E-state index in [9.17, 15) is 0 Å². The molecule has 1 saturated carbocycles. The van der Waals surface area contributed by atoms with Gasteiger partial charge in [-0.1, -0.05) is 6.08 Å². The summed E-state index contributed by atoms with van der Waals surface area (Å²) < 4.78 is 0. The van der Waals surface area contributed by atoms with Gasteiger partial charge in [-0.3, -0.25) is 0 Å². The molecule has 1 aliphatic heterocycles. The molecule has 1 aliphatic carbocycles. The zero-order valence-electron chi connectivity index (χ0n) is 7.21. The summed E-state index contributed by atoms with van der Waals surface area (Å²) in [4.78, 5) is 0. The standard InChI is InChI=1S/C10H14N2/c11-8-9-2-5-10(6-3-9)4-1-7-12-10/h1,7,9,12H,2-6H2. The maximum Gasteiger partial charge on any atom is 0.0655 e. The van der Waals surface area contributed by atoms with Crippen molar-refractivity contribution in [2.24, 2.45) is 5.92 Å². The maximum atomic E-state index is 8.74. The SMILES string of the molecule is N#CC1CCC2(CC=CN2)CC1. The van der Waals surface area contributed by atoms with E-state index >= 15 is 0 Å². The lowest BCUT2D eigenvalue weighted by Crippen LogP contribution is -2.41. The quantitative estimate of drug-likeness (QED) is 0.591. The van der Waals surface area contributed by atoms with Crippen LogP contribution in [0.15, 0.2) is 12.3 Å². The fraction of sp³-hybridized carbons (Fsp3) is 0.700. The first-order valence-corrected chi connectivity index (χ1v) is 4.67. The summed E-state index contributed by atoms with van der Waals surface area (Å²) >= 11 is 0. The molecule has 1 heterocycles. The van der Waals surface area contributed by atoms with Crippen molar-refractivity contribution in [3.8, 4) is 6.07 Å². The maximum absolute atomic E-state index is 8.74.